The van der Waals surface area contributed by atoms with Crippen molar-refractivity contribution in [2.24, 2.45) is 0 Å². The summed E-state index contributed by atoms with van der Waals surface area (Å²) in [4.78, 5) is 11.4. The summed E-state index contributed by atoms with van der Waals surface area (Å²) >= 11 is 0. The van der Waals surface area contributed by atoms with Gasteiger partial charge >= 0.3 is 0 Å². The predicted molar refractivity (Wildman–Crippen MR) is 109 cm³/mol. The van der Waals surface area contributed by atoms with E-state index in [4.69, 9.17) is 4.74 Å². The molecule has 1 aliphatic heterocycles. The van der Waals surface area contributed by atoms with Crippen molar-refractivity contribution in [2.75, 3.05) is 24.6 Å². The molecule has 2 aromatic heterocycles. The zero-order valence-electron chi connectivity index (χ0n) is 15.7. The molecule has 28 heavy (non-hydrogen) atoms. The summed E-state index contributed by atoms with van der Waals surface area (Å²) in [6.07, 6.45) is 3.51. The van der Waals surface area contributed by atoms with Gasteiger partial charge in [0.25, 0.3) is 0 Å². The number of aryl methyl sites for hydroxylation is 1. The van der Waals surface area contributed by atoms with Crippen LogP contribution in [0.5, 0.6) is 0 Å². The number of hydrogen-bond acceptors (Lipinski definition) is 5. The maximum Gasteiger partial charge on any atom is 0.168 e. The maximum absolute atomic E-state index is 6.08. The standard InChI is InChI=1S/C22H21N5O/c1-16-7-5-6-10-18(16)20-14-26(11-12-28-20)21-19-13-25-27(22(19)24-15-23-21)17-8-3-2-4-9-17/h2-10,13,15,20H,11-12,14H2,1H3. The van der Waals surface area contributed by atoms with Gasteiger partial charge in [0, 0.05) is 13.1 Å². The molecule has 1 unspecified atom stereocenters. The average Bonchev–Trinajstić information content (AvgIpc) is 3.19. The van der Waals surface area contributed by atoms with Crippen LogP contribution in [-0.2, 0) is 4.74 Å². The summed E-state index contributed by atoms with van der Waals surface area (Å²) in [5, 5.41) is 5.52. The number of fused-ring (bicyclic) bond motifs is 1. The molecule has 140 valence electrons. The van der Waals surface area contributed by atoms with E-state index in [2.05, 4.69) is 51.2 Å². The Hall–Kier alpha value is -3.25. The Morgan fingerprint density at radius 3 is 2.68 bits per heavy atom. The number of nitrogens with zero attached hydrogens (tertiary/aromatic N) is 5. The highest BCUT2D eigenvalue weighted by atomic mass is 16.5. The van der Waals surface area contributed by atoms with Crippen LogP contribution in [0.2, 0.25) is 0 Å². The Morgan fingerprint density at radius 2 is 1.82 bits per heavy atom. The second-order valence-corrected chi connectivity index (χ2v) is 6.99. The molecule has 0 amide bonds. The predicted octanol–water partition coefficient (Wildman–Crippen LogP) is 3.70. The molecule has 0 bridgehead atoms. The van der Waals surface area contributed by atoms with Gasteiger partial charge in [0.15, 0.2) is 5.65 Å². The lowest BCUT2D eigenvalue weighted by molar-refractivity contribution is 0.0392. The summed E-state index contributed by atoms with van der Waals surface area (Å²) in [7, 11) is 0. The molecule has 0 radical (unpaired) electrons. The van der Waals surface area contributed by atoms with Gasteiger partial charge in [-0.15, -0.1) is 0 Å². The van der Waals surface area contributed by atoms with E-state index in [0.29, 0.717) is 6.61 Å². The number of aromatic nitrogens is 4. The Balaban J connectivity index is 1.51. The summed E-state index contributed by atoms with van der Waals surface area (Å²) in [6.45, 7) is 4.35. The molecule has 4 aromatic rings. The van der Waals surface area contributed by atoms with Crippen molar-refractivity contribution in [2.45, 2.75) is 13.0 Å². The van der Waals surface area contributed by atoms with Crippen LogP contribution in [0.25, 0.3) is 16.7 Å². The summed E-state index contributed by atoms with van der Waals surface area (Å²) in [5.41, 5.74) is 4.29. The fourth-order valence-electron chi connectivity index (χ4n) is 3.82. The van der Waals surface area contributed by atoms with Crippen molar-refractivity contribution in [1.29, 1.82) is 0 Å². The first-order chi connectivity index (χ1) is 13.8. The highest BCUT2D eigenvalue weighted by molar-refractivity contribution is 5.87. The van der Waals surface area contributed by atoms with Crippen molar-refractivity contribution in [1.82, 2.24) is 19.7 Å². The molecule has 1 atom stereocenters. The molecule has 0 aliphatic carbocycles. The van der Waals surface area contributed by atoms with Crippen LogP contribution in [0.1, 0.15) is 17.2 Å². The fourth-order valence-corrected chi connectivity index (χ4v) is 3.82. The smallest absolute Gasteiger partial charge is 0.168 e. The average molecular weight is 371 g/mol. The molecule has 1 fully saturated rings. The molecule has 0 N–H and O–H groups in total. The number of ether oxygens (including phenoxy) is 1. The summed E-state index contributed by atoms with van der Waals surface area (Å²) in [6, 6.07) is 18.4. The lowest BCUT2D eigenvalue weighted by Gasteiger charge is -2.34. The van der Waals surface area contributed by atoms with E-state index >= 15 is 0 Å². The van der Waals surface area contributed by atoms with E-state index in [1.807, 2.05) is 41.2 Å². The third-order valence-corrected chi connectivity index (χ3v) is 5.25. The number of anilines is 1. The second-order valence-electron chi connectivity index (χ2n) is 6.99. The highest BCUT2D eigenvalue weighted by Gasteiger charge is 2.26. The quantitative estimate of drug-likeness (QED) is 0.550. The summed E-state index contributed by atoms with van der Waals surface area (Å²) < 4.78 is 7.94. The number of morpholine rings is 1. The van der Waals surface area contributed by atoms with E-state index in [1.165, 1.54) is 11.1 Å². The lowest BCUT2D eigenvalue weighted by atomic mass is 10.0. The SMILES string of the molecule is Cc1ccccc1C1CN(c2ncnc3c2cnn3-c2ccccc2)CCO1. The van der Waals surface area contributed by atoms with Crippen molar-refractivity contribution < 1.29 is 4.74 Å². The zero-order chi connectivity index (χ0) is 18.9. The Labute approximate surface area is 163 Å². The zero-order valence-corrected chi connectivity index (χ0v) is 15.7. The van der Waals surface area contributed by atoms with E-state index < -0.39 is 0 Å². The van der Waals surface area contributed by atoms with E-state index in [1.54, 1.807) is 6.33 Å². The van der Waals surface area contributed by atoms with E-state index in [-0.39, 0.29) is 6.10 Å². The minimum Gasteiger partial charge on any atom is -0.370 e. The van der Waals surface area contributed by atoms with Crippen LogP contribution < -0.4 is 4.90 Å². The Kier molecular flexibility index (Phi) is 4.25. The van der Waals surface area contributed by atoms with Crippen molar-refractivity contribution in [3.63, 3.8) is 0 Å². The topological polar surface area (TPSA) is 56.1 Å². The molecule has 6 nitrogen and oxygen atoms in total. The molecular weight excluding hydrogens is 350 g/mol. The molecule has 1 saturated heterocycles. The number of rotatable bonds is 3. The van der Waals surface area contributed by atoms with Crippen molar-refractivity contribution in [3.05, 3.63) is 78.2 Å². The first-order valence-corrected chi connectivity index (χ1v) is 9.47. The van der Waals surface area contributed by atoms with Crippen LogP contribution in [0, 0.1) is 6.92 Å². The molecule has 0 spiro atoms. The highest BCUT2D eigenvalue weighted by Crippen LogP contribution is 2.30. The molecule has 6 heteroatoms. The summed E-state index contributed by atoms with van der Waals surface area (Å²) in [5.74, 6) is 0.911. The number of para-hydroxylation sites is 1. The van der Waals surface area contributed by atoms with E-state index in [0.717, 1.165) is 35.6 Å². The lowest BCUT2D eigenvalue weighted by Crippen LogP contribution is -2.39. The third-order valence-electron chi connectivity index (χ3n) is 5.25. The van der Waals surface area contributed by atoms with E-state index in [9.17, 15) is 0 Å². The van der Waals surface area contributed by atoms with Gasteiger partial charge in [-0.05, 0) is 30.2 Å². The molecule has 2 aromatic carbocycles. The molecule has 1 aliphatic rings. The minimum atomic E-state index is 0.0316. The van der Waals surface area contributed by atoms with Crippen LogP contribution in [0.15, 0.2) is 67.1 Å². The van der Waals surface area contributed by atoms with Gasteiger partial charge in [-0.1, -0.05) is 42.5 Å². The number of benzene rings is 2. The first-order valence-electron chi connectivity index (χ1n) is 9.47. The second kappa shape index (κ2) is 7.05. The van der Waals surface area contributed by atoms with Gasteiger partial charge in [-0.25, -0.2) is 14.6 Å². The van der Waals surface area contributed by atoms with Gasteiger partial charge in [-0.2, -0.15) is 5.10 Å². The third kappa shape index (κ3) is 2.92. The minimum absolute atomic E-state index is 0.0316. The first kappa shape index (κ1) is 16.9. The van der Waals surface area contributed by atoms with Crippen LogP contribution >= 0.6 is 0 Å². The van der Waals surface area contributed by atoms with Crippen molar-refractivity contribution in [3.8, 4) is 5.69 Å². The molecule has 3 heterocycles. The van der Waals surface area contributed by atoms with Gasteiger partial charge in [0.05, 0.1) is 23.9 Å². The van der Waals surface area contributed by atoms with Gasteiger partial charge < -0.3 is 9.64 Å². The molecule has 0 saturated carbocycles. The van der Waals surface area contributed by atoms with Crippen LogP contribution in [0.3, 0.4) is 0 Å². The normalized spacial score (nSPS) is 17.2. The monoisotopic (exact) mass is 371 g/mol. The maximum atomic E-state index is 6.08. The van der Waals surface area contributed by atoms with Crippen molar-refractivity contribution >= 4 is 16.9 Å². The van der Waals surface area contributed by atoms with Gasteiger partial charge in [0.2, 0.25) is 0 Å². The fraction of sp³-hybridized carbons (Fsp3) is 0.227. The largest absolute Gasteiger partial charge is 0.370 e. The van der Waals surface area contributed by atoms with Crippen LogP contribution in [0.4, 0.5) is 5.82 Å². The molecule has 5 rings (SSSR count). The molecular formula is C22H21N5O. The van der Waals surface area contributed by atoms with Crippen LogP contribution in [-0.4, -0.2) is 39.4 Å². The Bertz CT molecular complexity index is 1110. The Morgan fingerprint density at radius 1 is 1.00 bits per heavy atom. The number of hydrogen-bond donors (Lipinski definition) is 0. The van der Waals surface area contributed by atoms with Gasteiger partial charge in [-0.3, -0.25) is 0 Å². The van der Waals surface area contributed by atoms with Gasteiger partial charge in [0.1, 0.15) is 18.2 Å².